The summed E-state index contributed by atoms with van der Waals surface area (Å²) < 4.78 is 32.2. The molecule has 162 valence electrons. The van der Waals surface area contributed by atoms with Crippen molar-refractivity contribution in [1.82, 2.24) is 4.31 Å². The van der Waals surface area contributed by atoms with Gasteiger partial charge in [-0.15, -0.1) is 0 Å². The van der Waals surface area contributed by atoms with Crippen molar-refractivity contribution in [2.24, 2.45) is 5.10 Å². The molecule has 2 N–H and O–H groups in total. The fraction of sp³-hybridized carbons (Fsp3) is 0.316. The topological polar surface area (TPSA) is 134 Å². The van der Waals surface area contributed by atoms with E-state index < -0.39 is 14.9 Å². The van der Waals surface area contributed by atoms with E-state index >= 15 is 0 Å². The van der Waals surface area contributed by atoms with Crippen LogP contribution in [0.25, 0.3) is 0 Å². The van der Waals surface area contributed by atoms with Crippen molar-refractivity contribution in [3.05, 3.63) is 52.1 Å². The largest absolute Gasteiger partial charge is 0.507 e. The Hall–Kier alpha value is -3.18. The molecule has 2 aromatic rings. The first-order valence-corrected chi connectivity index (χ1v) is 10.6. The van der Waals surface area contributed by atoms with Crippen LogP contribution in [-0.4, -0.2) is 48.7 Å². The third-order valence-electron chi connectivity index (χ3n) is 4.44. The van der Waals surface area contributed by atoms with Gasteiger partial charge in [-0.05, 0) is 25.1 Å². The van der Waals surface area contributed by atoms with Crippen molar-refractivity contribution in [1.29, 1.82) is 0 Å². The van der Waals surface area contributed by atoms with Crippen molar-refractivity contribution >= 4 is 27.1 Å². The number of rotatable bonds is 9. The van der Waals surface area contributed by atoms with Crippen molar-refractivity contribution in [2.75, 3.05) is 25.6 Å². The highest BCUT2D eigenvalue weighted by molar-refractivity contribution is 7.89. The lowest BCUT2D eigenvalue weighted by molar-refractivity contribution is -0.385. The fourth-order valence-corrected chi connectivity index (χ4v) is 4.40. The number of hydrazone groups is 1. The number of non-ortho nitro benzene ring substituents is 1. The Morgan fingerprint density at radius 3 is 2.43 bits per heavy atom. The molecule has 0 unspecified atom stereocenters. The van der Waals surface area contributed by atoms with Gasteiger partial charge in [0.2, 0.25) is 10.0 Å². The molecule has 0 aliphatic rings. The highest BCUT2D eigenvalue weighted by Crippen LogP contribution is 2.30. The van der Waals surface area contributed by atoms with E-state index in [1.54, 1.807) is 32.9 Å². The monoisotopic (exact) mass is 436 g/mol. The van der Waals surface area contributed by atoms with Gasteiger partial charge in [-0.1, -0.05) is 13.8 Å². The Balaban J connectivity index is 2.49. The molecule has 11 heteroatoms. The molecule has 2 aromatic carbocycles. The molecule has 0 aliphatic heterocycles. The van der Waals surface area contributed by atoms with Gasteiger partial charge in [-0.3, -0.25) is 15.5 Å². The van der Waals surface area contributed by atoms with Crippen LogP contribution in [0.3, 0.4) is 0 Å². The lowest BCUT2D eigenvalue weighted by atomic mass is 10.1. The lowest BCUT2D eigenvalue weighted by Crippen LogP contribution is -2.31. The Morgan fingerprint density at radius 2 is 1.90 bits per heavy atom. The van der Waals surface area contributed by atoms with Crippen LogP contribution in [0.4, 0.5) is 11.4 Å². The third-order valence-corrected chi connectivity index (χ3v) is 6.53. The molecule has 0 radical (unpaired) electrons. The number of sulfonamides is 1. The minimum absolute atomic E-state index is 0.0583. The summed E-state index contributed by atoms with van der Waals surface area (Å²) in [6, 6.07) is 8.18. The number of benzene rings is 2. The summed E-state index contributed by atoms with van der Waals surface area (Å²) in [6.07, 6.45) is 0. The number of hydrogen-bond donors (Lipinski definition) is 2. The molecule has 0 fully saturated rings. The van der Waals surface area contributed by atoms with E-state index in [0.29, 0.717) is 17.0 Å². The molecule has 0 amide bonds. The fourth-order valence-electron chi connectivity index (χ4n) is 2.78. The van der Waals surface area contributed by atoms with Gasteiger partial charge in [0.1, 0.15) is 16.4 Å². The zero-order valence-electron chi connectivity index (χ0n) is 17.1. The molecule has 0 aliphatic carbocycles. The van der Waals surface area contributed by atoms with Crippen molar-refractivity contribution in [3.63, 3.8) is 0 Å². The van der Waals surface area contributed by atoms with E-state index in [9.17, 15) is 23.6 Å². The number of nitrogens with zero attached hydrogens (tertiary/aromatic N) is 3. The van der Waals surface area contributed by atoms with E-state index in [4.69, 9.17) is 4.74 Å². The minimum Gasteiger partial charge on any atom is -0.507 e. The summed E-state index contributed by atoms with van der Waals surface area (Å²) in [4.78, 5) is 10.2. The zero-order chi connectivity index (χ0) is 22.5. The first-order valence-electron chi connectivity index (χ1n) is 9.11. The molecule has 0 bridgehead atoms. The number of nitro benzene ring substituents is 1. The zero-order valence-corrected chi connectivity index (χ0v) is 17.9. The Kier molecular flexibility index (Phi) is 7.35. The molecule has 0 saturated heterocycles. The number of anilines is 1. The average molecular weight is 436 g/mol. The Morgan fingerprint density at radius 1 is 1.23 bits per heavy atom. The van der Waals surface area contributed by atoms with Gasteiger partial charge >= 0.3 is 0 Å². The average Bonchev–Trinajstić information content (AvgIpc) is 2.72. The number of phenolic OH excluding ortho intramolecular Hbond substituents is 1. The quantitative estimate of drug-likeness (QED) is 0.350. The summed E-state index contributed by atoms with van der Waals surface area (Å²) in [5.74, 6) is 0.414. The summed E-state index contributed by atoms with van der Waals surface area (Å²) in [7, 11) is -2.51. The maximum Gasteiger partial charge on any atom is 0.270 e. The van der Waals surface area contributed by atoms with Crippen LogP contribution < -0.4 is 10.2 Å². The van der Waals surface area contributed by atoms with Gasteiger partial charge in [0.25, 0.3) is 5.69 Å². The van der Waals surface area contributed by atoms with Gasteiger partial charge in [-0.2, -0.15) is 9.41 Å². The molecule has 0 saturated carbocycles. The summed E-state index contributed by atoms with van der Waals surface area (Å²) in [5.41, 5.74) is 3.19. The molecule has 2 rings (SSSR count). The van der Waals surface area contributed by atoms with Crippen molar-refractivity contribution < 1.29 is 23.2 Å². The van der Waals surface area contributed by atoms with Gasteiger partial charge in [-0.25, -0.2) is 8.42 Å². The van der Waals surface area contributed by atoms with Crippen molar-refractivity contribution in [2.45, 2.75) is 25.7 Å². The molecular formula is C19H24N4O6S. The molecule has 0 aromatic heterocycles. The Labute approximate surface area is 175 Å². The number of hydrogen-bond acceptors (Lipinski definition) is 8. The van der Waals surface area contributed by atoms with Crippen LogP contribution in [-0.2, 0) is 10.0 Å². The predicted molar refractivity (Wildman–Crippen MR) is 114 cm³/mol. The lowest BCUT2D eigenvalue weighted by Gasteiger charge is -2.20. The third kappa shape index (κ3) is 4.86. The number of ether oxygens (including phenoxy) is 1. The van der Waals surface area contributed by atoms with E-state index in [0.717, 1.165) is 6.07 Å². The second kappa shape index (κ2) is 9.55. The summed E-state index contributed by atoms with van der Waals surface area (Å²) in [6.45, 7) is 5.41. The van der Waals surface area contributed by atoms with E-state index in [1.807, 2.05) is 0 Å². The number of nitrogens with one attached hydrogen (secondary N) is 1. The second-order valence-electron chi connectivity index (χ2n) is 6.22. The van der Waals surface area contributed by atoms with Crippen LogP contribution in [0, 0.1) is 10.1 Å². The van der Waals surface area contributed by atoms with Gasteiger partial charge in [0.05, 0.1) is 23.4 Å². The van der Waals surface area contributed by atoms with E-state index in [-0.39, 0.29) is 35.1 Å². The normalized spacial score (nSPS) is 12.1. The van der Waals surface area contributed by atoms with E-state index in [1.165, 1.54) is 29.6 Å². The van der Waals surface area contributed by atoms with Crippen LogP contribution in [0.2, 0.25) is 0 Å². The van der Waals surface area contributed by atoms with Gasteiger partial charge < -0.3 is 9.84 Å². The number of aromatic hydroxyl groups is 1. The molecule has 10 nitrogen and oxygen atoms in total. The highest BCUT2D eigenvalue weighted by atomic mass is 32.2. The molecule has 0 spiro atoms. The predicted octanol–water partition coefficient (Wildman–Crippen LogP) is 3.18. The van der Waals surface area contributed by atoms with Gasteiger partial charge in [0.15, 0.2) is 0 Å². The molecular weight excluding hydrogens is 412 g/mol. The van der Waals surface area contributed by atoms with Crippen LogP contribution >= 0.6 is 0 Å². The van der Waals surface area contributed by atoms with Crippen LogP contribution in [0.1, 0.15) is 26.3 Å². The standard InChI is InChI=1S/C19H24N4O6S/c1-5-22(6-2)30(27,28)19-11-14(23(25)26)7-10-17(19)21-20-13(3)16-9-8-15(29-4)12-18(16)24/h7-12,21,24H,5-6H2,1-4H3/b20-13+. The molecule has 0 atom stereocenters. The molecule has 0 heterocycles. The summed E-state index contributed by atoms with van der Waals surface area (Å²) in [5, 5.41) is 25.4. The SMILES string of the molecule is CCN(CC)S(=O)(=O)c1cc([N+](=O)[O-])ccc1N/N=C(\C)c1ccc(OC)cc1O. The maximum absolute atomic E-state index is 13.0. The number of phenols is 1. The number of methoxy groups -OCH3 is 1. The van der Waals surface area contributed by atoms with Crippen LogP contribution in [0.5, 0.6) is 11.5 Å². The Bertz CT molecular complexity index is 1060. The first kappa shape index (κ1) is 23.1. The molecule has 30 heavy (non-hydrogen) atoms. The highest BCUT2D eigenvalue weighted by Gasteiger charge is 2.27. The van der Waals surface area contributed by atoms with Crippen LogP contribution in [0.15, 0.2) is 46.4 Å². The first-order chi connectivity index (χ1) is 14.1. The maximum atomic E-state index is 13.0. The number of nitro groups is 1. The minimum atomic E-state index is -3.99. The second-order valence-corrected chi connectivity index (χ2v) is 8.13. The van der Waals surface area contributed by atoms with E-state index in [2.05, 4.69) is 10.5 Å². The smallest absolute Gasteiger partial charge is 0.270 e. The van der Waals surface area contributed by atoms with Crippen molar-refractivity contribution in [3.8, 4) is 11.5 Å². The summed E-state index contributed by atoms with van der Waals surface area (Å²) >= 11 is 0. The van der Waals surface area contributed by atoms with Gasteiger partial charge in [0, 0.05) is 36.9 Å².